The molecule has 1 fully saturated rings. The number of methoxy groups -OCH3 is 1. The first-order valence-electron chi connectivity index (χ1n) is 12.7. The highest BCUT2D eigenvalue weighted by Crippen LogP contribution is 2.40. The number of hydrogen-bond acceptors (Lipinski definition) is 4. The van der Waals surface area contributed by atoms with Crippen LogP contribution in [0.25, 0.3) is 22.3 Å². The number of carbonyl (C=O) groups excluding carboxylic acids is 1. The normalized spacial score (nSPS) is 13.1. The predicted octanol–water partition coefficient (Wildman–Crippen LogP) is 7.62. The summed E-state index contributed by atoms with van der Waals surface area (Å²) in [6.45, 7) is 12.7. The van der Waals surface area contributed by atoms with Crippen molar-refractivity contribution in [3.05, 3.63) is 70.8 Å². The third-order valence-corrected chi connectivity index (χ3v) is 7.06. The average Bonchev–Trinajstić information content (AvgIpc) is 3.69. The number of nitrogens with one attached hydrogen (secondary N) is 2. The molecule has 0 heterocycles. The summed E-state index contributed by atoms with van der Waals surface area (Å²) in [5, 5.41) is 7.00. The quantitative estimate of drug-likeness (QED) is 0.316. The van der Waals surface area contributed by atoms with E-state index in [-0.39, 0.29) is 5.97 Å². The Labute approximate surface area is 210 Å². The molecule has 0 aromatic heterocycles. The summed E-state index contributed by atoms with van der Waals surface area (Å²) in [4.78, 5) is 13.1. The standard InChI is InChI=1S/C31H38N2O2/c1-19(2)17-32-26-13-9-24(10-14-26)28-20(3)21(4)29(30(22(28)5)31(34)35-6)25-11-15-27(16-12-25)33-18-23-7-8-23/h9-16,19,23,32-33H,7-8,17-18H2,1-6H3. The van der Waals surface area contributed by atoms with Gasteiger partial charge in [0.2, 0.25) is 0 Å². The zero-order chi connectivity index (χ0) is 25.1. The number of benzene rings is 3. The zero-order valence-corrected chi connectivity index (χ0v) is 21.9. The molecule has 3 aromatic rings. The van der Waals surface area contributed by atoms with Crippen LogP contribution in [-0.2, 0) is 4.74 Å². The first kappa shape index (κ1) is 24.8. The molecule has 4 heteroatoms. The highest BCUT2D eigenvalue weighted by atomic mass is 16.5. The minimum absolute atomic E-state index is 0.298. The van der Waals surface area contributed by atoms with Crippen molar-refractivity contribution >= 4 is 17.3 Å². The zero-order valence-electron chi connectivity index (χ0n) is 21.9. The van der Waals surface area contributed by atoms with Gasteiger partial charge in [0.25, 0.3) is 0 Å². The van der Waals surface area contributed by atoms with Crippen LogP contribution in [0.2, 0.25) is 0 Å². The molecular weight excluding hydrogens is 432 g/mol. The van der Waals surface area contributed by atoms with E-state index in [0.29, 0.717) is 11.5 Å². The van der Waals surface area contributed by atoms with Gasteiger partial charge in [0.15, 0.2) is 0 Å². The molecule has 0 spiro atoms. The topological polar surface area (TPSA) is 50.4 Å². The van der Waals surface area contributed by atoms with E-state index < -0.39 is 0 Å². The fourth-order valence-corrected chi connectivity index (χ4v) is 4.72. The summed E-state index contributed by atoms with van der Waals surface area (Å²) in [6.07, 6.45) is 2.66. The molecule has 0 bridgehead atoms. The number of ether oxygens (including phenoxy) is 1. The van der Waals surface area contributed by atoms with Crippen molar-refractivity contribution in [1.29, 1.82) is 0 Å². The lowest BCUT2D eigenvalue weighted by Crippen LogP contribution is -2.11. The Hall–Kier alpha value is -3.27. The minimum Gasteiger partial charge on any atom is -0.465 e. The van der Waals surface area contributed by atoms with Gasteiger partial charge in [0.05, 0.1) is 12.7 Å². The summed E-state index contributed by atoms with van der Waals surface area (Å²) < 4.78 is 5.27. The summed E-state index contributed by atoms with van der Waals surface area (Å²) in [5.41, 5.74) is 10.3. The van der Waals surface area contributed by atoms with E-state index in [1.165, 1.54) is 25.5 Å². The first-order chi connectivity index (χ1) is 16.8. The highest BCUT2D eigenvalue weighted by Gasteiger charge is 2.25. The number of anilines is 2. The van der Waals surface area contributed by atoms with Gasteiger partial charge in [-0.15, -0.1) is 0 Å². The second kappa shape index (κ2) is 10.6. The Bertz CT molecular complexity index is 1190. The third-order valence-electron chi connectivity index (χ3n) is 7.06. The van der Waals surface area contributed by atoms with Gasteiger partial charge < -0.3 is 15.4 Å². The molecule has 2 N–H and O–H groups in total. The van der Waals surface area contributed by atoms with Gasteiger partial charge in [0, 0.05) is 24.5 Å². The second-order valence-corrected chi connectivity index (χ2v) is 10.2. The van der Waals surface area contributed by atoms with Crippen molar-refractivity contribution in [3.8, 4) is 22.3 Å². The van der Waals surface area contributed by atoms with Gasteiger partial charge in [-0.3, -0.25) is 0 Å². The van der Waals surface area contributed by atoms with Crippen LogP contribution in [0.5, 0.6) is 0 Å². The number of esters is 1. The molecule has 184 valence electrons. The molecule has 0 amide bonds. The maximum atomic E-state index is 13.1. The Morgan fingerprint density at radius 2 is 1.34 bits per heavy atom. The lowest BCUT2D eigenvalue weighted by Gasteiger charge is -2.22. The average molecular weight is 471 g/mol. The summed E-state index contributed by atoms with van der Waals surface area (Å²) in [6, 6.07) is 16.9. The van der Waals surface area contributed by atoms with E-state index in [9.17, 15) is 4.79 Å². The Balaban J connectivity index is 1.74. The molecule has 35 heavy (non-hydrogen) atoms. The van der Waals surface area contributed by atoms with E-state index in [0.717, 1.165) is 63.8 Å². The van der Waals surface area contributed by atoms with Crippen molar-refractivity contribution in [2.75, 3.05) is 30.8 Å². The van der Waals surface area contributed by atoms with Crippen LogP contribution in [0.1, 0.15) is 53.7 Å². The molecule has 1 aliphatic carbocycles. The van der Waals surface area contributed by atoms with Crippen LogP contribution in [0.15, 0.2) is 48.5 Å². The summed E-state index contributed by atoms with van der Waals surface area (Å²) in [7, 11) is 1.46. The second-order valence-electron chi connectivity index (χ2n) is 10.2. The maximum Gasteiger partial charge on any atom is 0.338 e. The molecule has 0 atom stereocenters. The van der Waals surface area contributed by atoms with E-state index >= 15 is 0 Å². The van der Waals surface area contributed by atoms with Crippen LogP contribution >= 0.6 is 0 Å². The molecule has 0 unspecified atom stereocenters. The van der Waals surface area contributed by atoms with Crippen LogP contribution in [0, 0.1) is 32.6 Å². The Morgan fingerprint density at radius 1 is 0.829 bits per heavy atom. The van der Waals surface area contributed by atoms with Crippen molar-refractivity contribution in [1.82, 2.24) is 0 Å². The third kappa shape index (κ3) is 5.53. The molecule has 4 rings (SSSR count). The van der Waals surface area contributed by atoms with Crippen molar-refractivity contribution in [2.45, 2.75) is 47.5 Å². The molecule has 0 aliphatic heterocycles. The molecule has 1 aliphatic rings. The first-order valence-corrected chi connectivity index (χ1v) is 12.7. The number of rotatable bonds is 9. The summed E-state index contributed by atoms with van der Waals surface area (Å²) in [5.74, 6) is 1.11. The van der Waals surface area contributed by atoms with Gasteiger partial charge in [-0.2, -0.15) is 0 Å². The van der Waals surface area contributed by atoms with Crippen molar-refractivity contribution in [2.24, 2.45) is 11.8 Å². The van der Waals surface area contributed by atoms with Crippen LogP contribution in [-0.4, -0.2) is 26.2 Å². The van der Waals surface area contributed by atoms with E-state index in [1.807, 2.05) is 6.92 Å². The van der Waals surface area contributed by atoms with Gasteiger partial charge in [-0.1, -0.05) is 38.1 Å². The molecule has 0 radical (unpaired) electrons. The van der Waals surface area contributed by atoms with E-state index in [1.54, 1.807) is 0 Å². The lowest BCUT2D eigenvalue weighted by molar-refractivity contribution is 0.0600. The minimum atomic E-state index is -0.298. The SMILES string of the molecule is COC(=O)c1c(C)c(-c2ccc(NCC(C)C)cc2)c(C)c(C)c1-c1ccc(NCC2CC2)cc1. The lowest BCUT2D eigenvalue weighted by atomic mass is 9.82. The fraction of sp³-hybridized carbons (Fsp3) is 0.387. The monoisotopic (exact) mass is 470 g/mol. The van der Waals surface area contributed by atoms with E-state index in [2.05, 4.69) is 86.9 Å². The molecular formula is C31H38N2O2. The summed E-state index contributed by atoms with van der Waals surface area (Å²) >= 11 is 0. The van der Waals surface area contributed by atoms with Crippen LogP contribution < -0.4 is 10.6 Å². The molecule has 0 saturated heterocycles. The van der Waals surface area contributed by atoms with Gasteiger partial charge in [-0.25, -0.2) is 4.79 Å². The largest absolute Gasteiger partial charge is 0.465 e. The van der Waals surface area contributed by atoms with E-state index in [4.69, 9.17) is 4.74 Å². The fourth-order valence-electron chi connectivity index (χ4n) is 4.72. The number of hydrogen-bond donors (Lipinski definition) is 2. The molecule has 3 aromatic carbocycles. The Morgan fingerprint density at radius 3 is 1.86 bits per heavy atom. The predicted molar refractivity (Wildman–Crippen MR) is 147 cm³/mol. The number of carbonyl (C=O) groups is 1. The highest BCUT2D eigenvalue weighted by molar-refractivity contribution is 6.03. The maximum absolute atomic E-state index is 13.1. The molecule has 4 nitrogen and oxygen atoms in total. The van der Waals surface area contributed by atoms with Gasteiger partial charge >= 0.3 is 5.97 Å². The van der Waals surface area contributed by atoms with Crippen molar-refractivity contribution in [3.63, 3.8) is 0 Å². The van der Waals surface area contributed by atoms with Crippen LogP contribution in [0.3, 0.4) is 0 Å². The Kier molecular flexibility index (Phi) is 7.49. The van der Waals surface area contributed by atoms with Crippen molar-refractivity contribution < 1.29 is 9.53 Å². The molecule has 1 saturated carbocycles. The van der Waals surface area contributed by atoms with Crippen LogP contribution in [0.4, 0.5) is 11.4 Å². The van der Waals surface area contributed by atoms with Gasteiger partial charge in [0.1, 0.15) is 0 Å². The smallest absolute Gasteiger partial charge is 0.338 e. The van der Waals surface area contributed by atoms with Gasteiger partial charge in [-0.05, 0) is 109 Å².